The van der Waals surface area contributed by atoms with Crippen LogP contribution in [-0.4, -0.2) is 37.3 Å². The van der Waals surface area contributed by atoms with Gasteiger partial charge in [-0.25, -0.2) is 14.1 Å². The molecule has 122 valence electrons. The Morgan fingerprint density at radius 1 is 1.26 bits per heavy atom. The van der Waals surface area contributed by atoms with Crippen molar-refractivity contribution in [2.24, 2.45) is 33.2 Å². The maximum atomic E-state index is 4.62. The molecule has 23 heavy (non-hydrogen) atoms. The van der Waals surface area contributed by atoms with Gasteiger partial charge in [-0.1, -0.05) is 0 Å². The molecule has 3 aromatic rings. The summed E-state index contributed by atoms with van der Waals surface area (Å²) >= 11 is 0. The molecule has 0 bridgehead atoms. The summed E-state index contributed by atoms with van der Waals surface area (Å²) in [6, 6.07) is 0. The van der Waals surface area contributed by atoms with Crippen LogP contribution in [0.1, 0.15) is 5.69 Å². The Hall–Kier alpha value is -2.64. The number of nitrogens with one attached hydrogen (secondary N) is 1. The van der Waals surface area contributed by atoms with E-state index in [4.69, 9.17) is 0 Å². The van der Waals surface area contributed by atoms with Crippen LogP contribution in [-0.2, 0) is 34.6 Å². The highest BCUT2D eigenvalue weighted by Crippen LogP contribution is 2.17. The number of anilines is 1. The zero-order valence-corrected chi connectivity index (χ0v) is 14.3. The normalized spacial score (nSPS) is 12.3. The summed E-state index contributed by atoms with van der Waals surface area (Å²) in [5.74, 6) is 0.817. The zero-order valence-electron chi connectivity index (χ0n) is 14.3. The van der Waals surface area contributed by atoms with Crippen LogP contribution in [0.3, 0.4) is 0 Å². The van der Waals surface area contributed by atoms with E-state index in [1.165, 1.54) is 5.69 Å². The lowest BCUT2D eigenvalue weighted by atomic mass is 10.3. The molecule has 8 nitrogen and oxygen atoms in total. The summed E-state index contributed by atoms with van der Waals surface area (Å²) < 4.78 is 8.07. The Balaban J connectivity index is 1.89. The summed E-state index contributed by atoms with van der Waals surface area (Å²) in [6.07, 6.45) is 6.90. The van der Waals surface area contributed by atoms with E-state index in [1.807, 2.05) is 30.3 Å². The highest BCUT2D eigenvalue weighted by Gasteiger charge is 2.13. The molecule has 3 aromatic heterocycles. The second kappa shape index (κ2) is 5.86. The minimum Gasteiger partial charge on any atom is -0.368 e. The van der Waals surface area contributed by atoms with E-state index in [2.05, 4.69) is 49.0 Å². The molecule has 0 fully saturated rings. The summed E-state index contributed by atoms with van der Waals surface area (Å²) in [5.41, 5.74) is 3.78. The fraction of sp³-hybridized carbons (Fsp3) is 0.467. The first-order valence-electron chi connectivity index (χ1n) is 7.56. The second-order valence-corrected chi connectivity index (χ2v) is 5.76. The minimum absolute atomic E-state index is 0.656. The molecule has 0 aliphatic carbocycles. The van der Waals surface area contributed by atoms with Crippen molar-refractivity contribution >= 4 is 17.0 Å². The number of imidazole rings is 2. The van der Waals surface area contributed by atoms with Gasteiger partial charge < -0.3 is 9.88 Å². The molecule has 0 radical (unpaired) electrons. The van der Waals surface area contributed by atoms with Crippen LogP contribution in [0.2, 0.25) is 0 Å². The molecular formula is C15H23N8+. The van der Waals surface area contributed by atoms with Crippen molar-refractivity contribution in [3.63, 3.8) is 0 Å². The highest BCUT2D eigenvalue weighted by molar-refractivity contribution is 5.83. The largest absolute Gasteiger partial charge is 0.368 e. The van der Waals surface area contributed by atoms with Crippen molar-refractivity contribution in [1.82, 2.24) is 23.7 Å². The van der Waals surface area contributed by atoms with Crippen LogP contribution in [0.15, 0.2) is 23.8 Å². The second-order valence-electron chi connectivity index (χ2n) is 5.76. The first-order chi connectivity index (χ1) is 11.0. The minimum atomic E-state index is 0.656. The van der Waals surface area contributed by atoms with Gasteiger partial charge in [-0.2, -0.15) is 4.98 Å². The molecule has 1 N–H and O–H groups in total. The number of aryl methyl sites for hydroxylation is 4. The molecule has 0 amide bonds. The molecule has 3 heterocycles. The number of rotatable bonds is 4. The van der Waals surface area contributed by atoms with E-state index < -0.39 is 0 Å². The maximum absolute atomic E-state index is 4.62. The molecule has 0 aliphatic heterocycles. The van der Waals surface area contributed by atoms with Crippen molar-refractivity contribution in [2.45, 2.75) is 6.42 Å². The van der Waals surface area contributed by atoms with Crippen LogP contribution in [0.5, 0.6) is 0 Å². The van der Waals surface area contributed by atoms with Gasteiger partial charge in [-0.3, -0.25) is 9.56 Å². The average Bonchev–Trinajstić information content (AvgIpc) is 3.05. The quantitative estimate of drug-likeness (QED) is 0.670. The molecule has 0 unspecified atom stereocenters. The van der Waals surface area contributed by atoms with Crippen molar-refractivity contribution in [2.75, 3.05) is 18.9 Å². The summed E-state index contributed by atoms with van der Waals surface area (Å²) in [6.45, 7) is 0.794. The summed E-state index contributed by atoms with van der Waals surface area (Å²) in [7, 11) is 9.73. The average molecular weight is 315 g/mol. The number of fused-ring (bicyclic) bond motifs is 1. The number of hydrogen-bond donors (Lipinski definition) is 1. The van der Waals surface area contributed by atoms with Gasteiger partial charge >= 0.3 is 0 Å². The molecular weight excluding hydrogens is 292 g/mol. The Kier molecular flexibility index (Phi) is 3.89. The zero-order chi connectivity index (χ0) is 16.6. The van der Waals surface area contributed by atoms with E-state index in [0.29, 0.717) is 5.62 Å². The van der Waals surface area contributed by atoms with Crippen LogP contribution in [0.25, 0.3) is 11.2 Å². The van der Waals surface area contributed by atoms with Crippen molar-refractivity contribution < 1.29 is 4.57 Å². The lowest BCUT2D eigenvalue weighted by Gasteiger charge is -2.09. The van der Waals surface area contributed by atoms with Crippen LogP contribution < -0.4 is 15.5 Å². The molecule has 0 aliphatic rings. The lowest BCUT2D eigenvalue weighted by Crippen LogP contribution is -2.25. The van der Waals surface area contributed by atoms with E-state index in [9.17, 15) is 0 Å². The SMILES string of the molecule is CN=c1nc(NCCc2c[n+](C)cn2C)c2c(ncn2C)n1C. The third-order valence-corrected chi connectivity index (χ3v) is 4.01. The van der Waals surface area contributed by atoms with E-state index >= 15 is 0 Å². The highest BCUT2D eigenvalue weighted by atomic mass is 15.2. The Morgan fingerprint density at radius 3 is 2.70 bits per heavy atom. The fourth-order valence-corrected chi connectivity index (χ4v) is 2.84. The predicted molar refractivity (Wildman–Crippen MR) is 87.7 cm³/mol. The van der Waals surface area contributed by atoms with Crippen molar-refractivity contribution in [3.05, 3.63) is 30.2 Å². The van der Waals surface area contributed by atoms with Gasteiger partial charge in [0.2, 0.25) is 11.9 Å². The van der Waals surface area contributed by atoms with Crippen LogP contribution in [0, 0.1) is 0 Å². The molecule has 8 heteroatoms. The topological polar surface area (TPSA) is 68.8 Å². The monoisotopic (exact) mass is 315 g/mol. The number of nitrogens with zero attached hydrogens (tertiary/aromatic N) is 7. The third-order valence-electron chi connectivity index (χ3n) is 4.01. The number of aromatic nitrogens is 6. The van der Waals surface area contributed by atoms with Gasteiger partial charge in [0.15, 0.2) is 11.5 Å². The molecule has 0 saturated carbocycles. The van der Waals surface area contributed by atoms with Gasteiger partial charge in [-0.15, -0.1) is 0 Å². The van der Waals surface area contributed by atoms with Crippen LogP contribution in [0.4, 0.5) is 5.82 Å². The van der Waals surface area contributed by atoms with Gasteiger partial charge in [-0.05, 0) is 0 Å². The standard InChI is InChI=1S/C15H23N8/c1-16-15-19-13(12-14(23(15)5)18-9-21(12)3)17-7-6-11-8-20(2)10-22(11)4/h8-10H,6-7H2,1-5H3,(H,16,17,19)/q+1. The Bertz CT molecular complexity index is 912. The van der Waals surface area contributed by atoms with Gasteiger partial charge in [0.05, 0.1) is 20.4 Å². The van der Waals surface area contributed by atoms with E-state index in [-0.39, 0.29) is 0 Å². The van der Waals surface area contributed by atoms with Crippen molar-refractivity contribution in [1.29, 1.82) is 0 Å². The molecule has 0 atom stereocenters. The first-order valence-corrected chi connectivity index (χ1v) is 7.56. The smallest absolute Gasteiger partial charge is 0.243 e. The summed E-state index contributed by atoms with van der Waals surface area (Å²) in [5, 5.41) is 3.43. The van der Waals surface area contributed by atoms with Crippen LogP contribution >= 0.6 is 0 Å². The maximum Gasteiger partial charge on any atom is 0.243 e. The third kappa shape index (κ3) is 2.71. The van der Waals surface area contributed by atoms with E-state index in [0.717, 1.165) is 29.9 Å². The van der Waals surface area contributed by atoms with Gasteiger partial charge in [0.25, 0.3) is 0 Å². The van der Waals surface area contributed by atoms with Gasteiger partial charge in [0, 0.05) is 34.1 Å². The lowest BCUT2D eigenvalue weighted by molar-refractivity contribution is -0.671. The molecule has 0 saturated heterocycles. The van der Waals surface area contributed by atoms with E-state index in [1.54, 1.807) is 13.4 Å². The predicted octanol–water partition coefficient (Wildman–Crippen LogP) is -0.345. The molecule has 0 aromatic carbocycles. The molecule has 0 spiro atoms. The van der Waals surface area contributed by atoms with Gasteiger partial charge in [0.1, 0.15) is 17.4 Å². The first kappa shape index (κ1) is 15.3. The molecule has 3 rings (SSSR count). The Labute approximate surface area is 134 Å². The summed E-state index contributed by atoms with van der Waals surface area (Å²) in [4.78, 5) is 13.3. The van der Waals surface area contributed by atoms with Crippen molar-refractivity contribution in [3.8, 4) is 0 Å². The fourth-order valence-electron chi connectivity index (χ4n) is 2.84. The Morgan fingerprint density at radius 2 is 2.04 bits per heavy atom. The number of hydrogen-bond acceptors (Lipinski definition) is 4.